The van der Waals surface area contributed by atoms with Crippen molar-refractivity contribution in [2.45, 2.75) is 19.6 Å². The number of rotatable bonds is 4. The van der Waals surface area contributed by atoms with E-state index in [0.29, 0.717) is 5.56 Å². The van der Waals surface area contributed by atoms with E-state index in [-0.39, 0.29) is 12.2 Å². The summed E-state index contributed by atoms with van der Waals surface area (Å²) < 4.78 is 41.6. The zero-order valence-electron chi connectivity index (χ0n) is 15.8. The molecule has 2 N–H and O–H groups in total. The number of nitrogens with one attached hydrogen (secondary N) is 2. The second-order valence-electron chi connectivity index (χ2n) is 6.58. The summed E-state index contributed by atoms with van der Waals surface area (Å²) in [6, 6.07) is 12.5. The monoisotopic (exact) mass is 479 g/mol. The highest BCUT2D eigenvalue weighted by atomic mass is 79.9. The molecule has 9 heteroatoms. The van der Waals surface area contributed by atoms with Gasteiger partial charge in [0.1, 0.15) is 5.69 Å². The molecular formula is C21H17BrF3N3O2. The molecule has 1 aromatic heterocycles. The van der Waals surface area contributed by atoms with Gasteiger partial charge >= 0.3 is 12.2 Å². The van der Waals surface area contributed by atoms with Crippen LogP contribution in [0.15, 0.2) is 70.1 Å². The van der Waals surface area contributed by atoms with E-state index in [4.69, 9.17) is 0 Å². The van der Waals surface area contributed by atoms with Gasteiger partial charge in [-0.05, 0) is 42.3 Å². The van der Waals surface area contributed by atoms with Crippen LogP contribution in [0.4, 0.5) is 29.3 Å². The van der Waals surface area contributed by atoms with E-state index < -0.39 is 29.0 Å². The summed E-state index contributed by atoms with van der Waals surface area (Å²) in [7, 11) is 0. The molecule has 2 amide bonds. The summed E-state index contributed by atoms with van der Waals surface area (Å²) in [5.41, 5.74) is -0.327. The van der Waals surface area contributed by atoms with Crippen molar-refractivity contribution in [1.29, 1.82) is 0 Å². The molecule has 0 spiro atoms. The Hall–Kier alpha value is -3.07. The summed E-state index contributed by atoms with van der Waals surface area (Å²) in [6.07, 6.45) is -2.98. The fourth-order valence-electron chi connectivity index (χ4n) is 2.92. The van der Waals surface area contributed by atoms with Crippen molar-refractivity contribution in [3.05, 3.63) is 92.3 Å². The third-order valence-electron chi connectivity index (χ3n) is 4.25. The van der Waals surface area contributed by atoms with Gasteiger partial charge in [0.15, 0.2) is 0 Å². The Balaban J connectivity index is 1.84. The van der Waals surface area contributed by atoms with Crippen LogP contribution >= 0.6 is 15.9 Å². The molecule has 3 rings (SSSR count). The van der Waals surface area contributed by atoms with Gasteiger partial charge in [0, 0.05) is 10.7 Å². The number of hydrogen-bond donors (Lipinski definition) is 2. The molecule has 30 heavy (non-hydrogen) atoms. The Kier molecular flexibility index (Phi) is 6.31. The largest absolute Gasteiger partial charge is 0.418 e. The molecule has 0 fully saturated rings. The number of anilines is 2. The first-order valence-electron chi connectivity index (χ1n) is 8.84. The van der Waals surface area contributed by atoms with E-state index in [1.54, 1.807) is 13.1 Å². The van der Waals surface area contributed by atoms with Crippen molar-refractivity contribution in [2.75, 3.05) is 10.6 Å². The van der Waals surface area contributed by atoms with Gasteiger partial charge < -0.3 is 15.2 Å². The minimum atomic E-state index is -4.62. The Morgan fingerprint density at radius 2 is 1.67 bits per heavy atom. The lowest BCUT2D eigenvalue weighted by atomic mass is 10.1. The van der Waals surface area contributed by atoms with Gasteiger partial charge in [0.2, 0.25) is 0 Å². The number of aryl methyl sites for hydroxylation is 1. The summed E-state index contributed by atoms with van der Waals surface area (Å²) in [5.74, 6) is 0. The topological polar surface area (TPSA) is 63.1 Å². The van der Waals surface area contributed by atoms with Crippen molar-refractivity contribution in [1.82, 2.24) is 4.57 Å². The van der Waals surface area contributed by atoms with Crippen LogP contribution in [0, 0.1) is 6.92 Å². The number of para-hydroxylation sites is 1. The number of amides is 2. The number of carbonyl (C=O) groups is 1. The van der Waals surface area contributed by atoms with Crippen molar-refractivity contribution >= 4 is 33.3 Å². The van der Waals surface area contributed by atoms with Crippen LogP contribution in [0.5, 0.6) is 0 Å². The van der Waals surface area contributed by atoms with Crippen molar-refractivity contribution in [3.63, 3.8) is 0 Å². The van der Waals surface area contributed by atoms with Crippen LogP contribution in [0.3, 0.4) is 0 Å². The second kappa shape index (κ2) is 8.74. The number of urea groups is 1. The predicted molar refractivity (Wildman–Crippen MR) is 113 cm³/mol. The number of pyridine rings is 1. The number of aromatic nitrogens is 1. The molecule has 0 saturated heterocycles. The third kappa shape index (κ3) is 5.10. The zero-order valence-corrected chi connectivity index (χ0v) is 17.3. The normalized spacial score (nSPS) is 11.2. The molecule has 0 aliphatic carbocycles. The van der Waals surface area contributed by atoms with Crippen molar-refractivity contribution in [3.8, 4) is 0 Å². The molecule has 0 atom stereocenters. The molecule has 1 heterocycles. The molecule has 0 radical (unpaired) electrons. The Labute approximate surface area is 178 Å². The maximum Gasteiger partial charge on any atom is 0.418 e. The van der Waals surface area contributed by atoms with Gasteiger partial charge in [-0.3, -0.25) is 4.79 Å². The quantitative estimate of drug-likeness (QED) is 0.509. The Bertz CT molecular complexity index is 1140. The second-order valence-corrected chi connectivity index (χ2v) is 7.43. The van der Waals surface area contributed by atoms with Gasteiger partial charge in [-0.15, -0.1) is 0 Å². The lowest BCUT2D eigenvalue weighted by Gasteiger charge is -2.15. The van der Waals surface area contributed by atoms with Gasteiger partial charge in [-0.1, -0.05) is 46.3 Å². The van der Waals surface area contributed by atoms with Gasteiger partial charge in [0.05, 0.1) is 17.8 Å². The van der Waals surface area contributed by atoms with Crippen LogP contribution in [0.1, 0.15) is 16.7 Å². The van der Waals surface area contributed by atoms with E-state index in [9.17, 15) is 22.8 Å². The standard InChI is InChI=1S/C21H17BrF3N3O2/c1-13-10-18(19(29)28(11-13)12-14-6-2-4-8-16(14)22)27-20(30)26-17-9-5-3-7-15(17)21(23,24)25/h2-11H,12H2,1H3,(H2,26,27,30). The highest BCUT2D eigenvalue weighted by molar-refractivity contribution is 9.10. The maximum absolute atomic E-state index is 13.1. The number of benzene rings is 2. The fraction of sp³-hybridized carbons (Fsp3) is 0.143. The lowest BCUT2D eigenvalue weighted by molar-refractivity contribution is -0.136. The van der Waals surface area contributed by atoms with E-state index in [2.05, 4.69) is 26.6 Å². The van der Waals surface area contributed by atoms with Crippen LogP contribution in [-0.4, -0.2) is 10.6 Å². The number of hydrogen-bond acceptors (Lipinski definition) is 2. The van der Waals surface area contributed by atoms with E-state index in [1.165, 1.54) is 22.8 Å². The number of nitrogens with zero attached hydrogens (tertiary/aromatic N) is 1. The first kappa shape index (κ1) is 21.6. The number of alkyl halides is 3. The molecule has 0 saturated carbocycles. The van der Waals surface area contributed by atoms with Gasteiger partial charge in [0.25, 0.3) is 5.56 Å². The third-order valence-corrected chi connectivity index (χ3v) is 5.02. The lowest BCUT2D eigenvalue weighted by Crippen LogP contribution is -2.29. The average molecular weight is 480 g/mol. The summed E-state index contributed by atoms with van der Waals surface area (Å²) in [5, 5.41) is 4.52. The average Bonchev–Trinajstić information content (AvgIpc) is 2.66. The Morgan fingerprint density at radius 1 is 1.03 bits per heavy atom. The van der Waals surface area contributed by atoms with Crippen LogP contribution in [0.25, 0.3) is 0 Å². The molecular weight excluding hydrogens is 463 g/mol. The first-order chi connectivity index (χ1) is 14.1. The molecule has 0 aliphatic rings. The molecule has 3 aromatic rings. The molecule has 156 valence electrons. The molecule has 2 aromatic carbocycles. The van der Waals surface area contributed by atoms with Crippen LogP contribution < -0.4 is 16.2 Å². The molecule has 0 bridgehead atoms. The summed E-state index contributed by atoms with van der Waals surface area (Å²) >= 11 is 3.43. The van der Waals surface area contributed by atoms with Crippen molar-refractivity contribution < 1.29 is 18.0 Å². The smallest absolute Gasteiger partial charge is 0.309 e. The minimum absolute atomic E-state index is 0.0379. The highest BCUT2D eigenvalue weighted by Crippen LogP contribution is 2.34. The molecule has 0 unspecified atom stereocenters. The minimum Gasteiger partial charge on any atom is -0.309 e. The highest BCUT2D eigenvalue weighted by Gasteiger charge is 2.33. The maximum atomic E-state index is 13.1. The van der Waals surface area contributed by atoms with Gasteiger partial charge in [-0.2, -0.15) is 13.2 Å². The van der Waals surface area contributed by atoms with E-state index in [0.717, 1.165) is 22.2 Å². The fourth-order valence-corrected chi connectivity index (χ4v) is 3.33. The first-order valence-corrected chi connectivity index (χ1v) is 9.63. The van der Waals surface area contributed by atoms with Crippen LogP contribution in [0.2, 0.25) is 0 Å². The molecule has 5 nitrogen and oxygen atoms in total. The van der Waals surface area contributed by atoms with E-state index >= 15 is 0 Å². The predicted octanol–water partition coefficient (Wildman–Crippen LogP) is 5.63. The number of carbonyl (C=O) groups excluding carboxylic acids is 1. The summed E-state index contributed by atoms with van der Waals surface area (Å²) in [4.78, 5) is 25.1. The summed E-state index contributed by atoms with van der Waals surface area (Å²) in [6.45, 7) is 2.01. The van der Waals surface area contributed by atoms with Crippen LogP contribution in [-0.2, 0) is 12.7 Å². The SMILES string of the molecule is Cc1cc(NC(=O)Nc2ccccc2C(F)(F)F)c(=O)n(Cc2ccccc2Br)c1. The molecule has 0 aliphatic heterocycles. The van der Waals surface area contributed by atoms with Gasteiger partial charge in [-0.25, -0.2) is 4.79 Å². The number of halogens is 4. The Morgan fingerprint density at radius 3 is 2.37 bits per heavy atom. The van der Waals surface area contributed by atoms with E-state index in [1.807, 2.05) is 24.3 Å². The zero-order chi connectivity index (χ0) is 21.9. The van der Waals surface area contributed by atoms with Crippen molar-refractivity contribution in [2.24, 2.45) is 0 Å².